The SMILES string of the molecule is Cc1ccc2nc(-c3ccc(NC(=O)Cn4cc(S(=O)(=O)N(C)C)ccc4=O)cc3)sc2c1. The molecule has 8 nitrogen and oxygen atoms in total. The normalized spacial score (nSPS) is 11.8. The third kappa shape index (κ3) is 4.87. The van der Waals surface area contributed by atoms with Crippen LogP contribution < -0.4 is 10.9 Å². The second kappa shape index (κ2) is 8.89. The number of nitrogens with one attached hydrogen (secondary N) is 1. The summed E-state index contributed by atoms with van der Waals surface area (Å²) < 4.78 is 27.8. The van der Waals surface area contributed by atoms with Gasteiger partial charge in [-0.2, -0.15) is 0 Å². The lowest BCUT2D eigenvalue weighted by molar-refractivity contribution is -0.116. The zero-order chi connectivity index (χ0) is 23.8. The van der Waals surface area contributed by atoms with Crippen molar-refractivity contribution in [2.75, 3.05) is 19.4 Å². The van der Waals surface area contributed by atoms with Crippen LogP contribution in [0.1, 0.15) is 5.56 Å². The first-order valence-corrected chi connectivity index (χ1v) is 12.3. The second-order valence-electron chi connectivity index (χ2n) is 7.73. The summed E-state index contributed by atoms with van der Waals surface area (Å²) in [4.78, 5) is 29.2. The zero-order valence-electron chi connectivity index (χ0n) is 18.3. The van der Waals surface area contributed by atoms with Crippen LogP contribution in [0.4, 0.5) is 5.69 Å². The topological polar surface area (TPSA) is 101 Å². The molecule has 0 saturated carbocycles. The van der Waals surface area contributed by atoms with Gasteiger partial charge in [-0.1, -0.05) is 6.07 Å². The number of benzene rings is 2. The summed E-state index contributed by atoms with van der Waals surface area (Å²) in [5, 5.41) is 3.62. The summed E-state index contributed by atoms with van der Waals surface area (Å²) >= 11 is 1.60. The number of rotatable bonds is 6. The van der Waals surface area contributed by atoms with Gasteiger partial charge < -0.3 is 9.88 Å². The summed E-state index contributed by atoms with van der Waals surface area (Å²) in [5.41, 5.74) is 3.15. The fraction of sp³-hybridized carbons (Fsp3) is 0.174. The highest BCUT2D eigenvalue weighted by Gasteiger charge is 2.18. The lowest BCUT2D eigenvalue weighted by Gasteiger charge is -2.13. The largest absolute Gasteiger partial charge is 0.325 e. The number of aromatic nitrogens is 2. The highest BCUT2D eigenvalue weighted by atomic mass is 32.2. The van der Waals surface area contributed by atoms with E-state index in [9.17, 15) is 18.0 Å². The maximum Gasteiger partial charge on any atom is 0.251 e. The van der Waals surface area contributed by atoms with Gasteiger partial charge in [0, 0.05) is 37.6 Å². The number of hydrogen-bond donors (Lipinski definition) is 1. The number of aryl methyl sites for hydroxylation is 1. The van der Waals surface area contributed by atoms with Crippen molar-refractivity contribution >= 4 is 43.2 Å². The van der Waals surface area contributed by atoms with Gasteiger partial charge >= 0.3 is 0 Å². The molecule has 170 valence electrons. The first kappa shape index (κ1) is 22.8. The molecule has 0 saturated heterocycles. The van der Waals surface area contributed by atoms with Gasteiger partial charge in [0.15, 0.2) is 0 Å². The van der Waals surface area contributed by atoms with Crippen molar-refractivity contribution in [1.82, 2.24) is 13.9 Å². The van der Waals surface area contributed by atoms with Crippen molar-refractivity contribution < 1.29 is 13.2 Å². The Morgan fingerprint density at radius 2 is 1.82 bits per heavy atom. The van der Waals surface area contributed by atoms with Crippen LogP contribution >= 0.6 is 11.3 Å². The Balaban J connectivity index is 1.48. The van der Waals surface area contributed by atoms with Gasteiger partial charge in [-0.25, -0.2) is 17.7 Å². The smallest absolute Gasteiger partial charge is 0.251 e. The summed E-state index contributed by atoms with van der Waals surface area (Å²) in [7, 11) is -0.919. The number of fused-ring (bicyclic) bond motifs is 1. The van der Waals surface area contributed by atoms with Crippen LogP contribution in [0.15, 0.2) is 70.5 Å². The maximum atomic E-state index is 12.5. The van der Waals surface area contributed by atoms with Gasteiger partial charge in [0.2, 0.25) is 15.9 Å². The van der Waals surface area contributed by atoms with Crippen molar-refractivity contribution in [1.29, 1.82) is 0 Å². The van der Waals surface area contributed by atoms with Crippen molar-refractivity contribution in [3.63, 3.8) is 0 Å². The Morgan fingerprint density at radius 1 is 1.09 bits per heavy atom. The highest BCUT2D eigenvalue weighted by Crippen LogP contribution is 2.31. The number of pyridine rings is 1. The van der Waals surface area contributed by atoms with E-state index in [1.807, 2.05) is 31.2 Å². The minimum absolute atomic E-state index is 0.0599. The molecule has 1 N–H and O–H groups in total. The van der Waals surface area contributed by atoms with Gasteiger partial charge in [0.05, 0.1) is 15.1 Å². The van der Waals surface area contributed by atoms with Crippen LogP contribution in [-0.2, 0) is 21.4 Å². The molecule has 0 aliphatic rings. The molecule has 0 atom stereocenters. The Kier molecular flexibility index (Phi) is 6.15. The van der Waals surface area contributed by atoms with Gasteiger partial charge in [0.25, 0.3) is 5.56 Å². The van der Waals surface area contributed by atoms with Gasteiger partial charge in [-0.3, -0.25) is 9.59 Å². The van der Waals surface area contributed by atoms with Crippen LogP contribution in [-0.4, -0.2) is 42.3 Å². The van der Waals surface area contributed by atoms with Crippen molar-refractivity contribution in [3.8, 4) is 10.6 Å². The van der Waals surface area contributed by atoms with Crippen LogP contribution in [0.2, 0.25) is 0 Å². The van der Waals surface area contributed by atoms with Gasteiger partial charge in [-0.05, 0) is 55.0 Å². The number of amides is 1. The van der Waals surface area contributed by atoms with E-state index in [0.29, 0.717) is 5.69 Å². The molecule has 0 spiro atoms. The molecule has 10 heteroatoms. The molecule has 0 aliphatic carbocycles. The molecule has 2 aromatic heterocycles. The fourth-order valence-corrected chi connectivity index (χ4v) is 5.19. The lowest BCUT2D eigenvalue weighted by atomic mass is 10.2. The molecule has 1 amide bonds. The first-order valence-electron chi connectivity index (χ1n) is 10.0. The summed E-state index contributed by atoms with van der Waals surface area (Å²) in [5.74, 6) is -0.445. The molecule has 0 bridgehead atoms. The summed E-state index contributed by atoms with van der Waals surface area (Å²) in [6.07, 6.45) is 1.18. The Hall–Kier alpha value is -3.34. The second-order valence-corrected chi connectivity index (χ2v) is 10.9. The Bertz CT molecular complexity index is 1500. The average molecular weight is 483 g/mol. The summed E-state index contributed by atoms with van der Waals surface area (Å²) in [6, 6.07) is 15.8. The van der Waals surface area contributed by atoms with E-state index in [4.69, 9.17) is 0 Å². The number of sulfonamides is 1. The van der Waals surface area contributed by atoms with E-state index < -0.39 is 21.5 Å². The first-order chi connectivity index (χ1) is 15.6. The predicted octanol–water partition coefficient (Wildman–Crippen LogP) is 3.32. The number of carbonyl (C=O) groups is 1. The van der Waals surface area contributed by atoms with Crippen LogP contribution in [0.5, 0.6) is 0 Å². The molecule has 0 radical (unpaired) electrons. The Morgan fingerprint density at radius 3 is 2.52 bits per heavy atom. The number of thiazole rings is 1. The van der Waals surface area contributed by atoms with Crippen LogP contribution in [0.3, 0.4) is 0 Å². The van der Waals surface area contributed by atoms with Crippen molar-refractivity contribution in [2.45, 2.75) is 18.4 Å². The molecule has 33 heavy (non-hydrogen) atoms. The minimum atomic E-state index is -3.72. The Labute approximate surface area is 195 Å². The minimum Gasteiger partial charge on any atom is -0.325 e. The standard InChI is InChI=1S/C23H22N4O4S2/c1-15-4-10-19-20(12-15)32-23(25-19)16-5-7-17(8-6-16)24-21(28)14-27-13-18(9-11-22(27)29)33(30,31)26(2)3/h4-13H,14H2,1-3H3,(H,24,28). The van der Waals surface area contributed by atoms with E-state index in [2.05, 4.69) is 16.4 Å². The third-order valence-corrected chi connectivity index (χ3v) is 7.87. The van der Waals surface area contributed by atoms with Gasteiger partial charge in [0.1, 0.15) is 11.6 Å². The number of hydrogen-bond acceptors (Lipinski definition) is 6. The van der Waals surface area contributed by atoms with Gasteiger partial charge in [-0.15, -0.1) is 11.3 Å². The molecule has 0 aliphatic heterocycles. The van der Waals surface area contributed by atoms with Crippen LogP contribution in [0.25, 0.3) is 20.8 Å². The van der Waals surface area contributed by atoms with Crippen molar-refractivity contribution in [3.05, 3.63) is 76.7 Å². The molecule has 0 unspecified atom stereocenters. The number of carbonyl (C=O) groups excluding carboxylic acids is 1. The molecular weight excluding hydrogens is 460 g/mol. The van der Waals surface area contributed by atoms with E-state index in [0.717, 1.165) is 35.7 Å². The quantitative estimate of drug-likeness (QED) is 0.454. The highest BCUT2D eigenvalue weighted by molar-refractivity contribution is 7.89. The number of anilines is 1. The van der Waals surface area contributed by atoms with Crippen LogP contribution in [0, 0.1) is 6.92 Å². The molecule has 4 aromatic rings. The number of nitrogens with zero attached hydrogens (tertiary/aromatic N) is 3. The fourth-order valence-electron chi connectivity index (χ4n) is 3.20. The van der Waals surface area contributed by atoms with E-state index in [1.54, 1.807) is 23.5 Å². The molecule has 0 fully saturated rings. The third-order valence-electron chi connectivity index (χ3n) is 5.01. The van der Waals surface area contributed by atoms with E-state index in [-0.39, 0.29) is 11.4 Å². The van der Waals surface area contributed by atoms with Crippen molar-refractivity contribution in [2.24, 2.45) is 0 Å². The zero-order valence-corrected chi connectivity index (χ0v) is 19.9. The molecular formula is C23H22N4O4S2. The predicted molar refractivity (Wildman–Crippen MR) is 130 cm³/mol. The maximum absolute atomic E-state index is 12.5. The average Bonchev–Trinajstić information content (AvgIpc) is 3.18. The van der Waals surface area contributed by atoms with E-state index in [1.165, 1.54) is 31.9 Å². The lowest BCUT2D eigenvalue weighted by Crippen LogP contribution is -2.29. The molecule has 4 rings (SSSR count). The molecule has 2 heterocycles. The summed E-state index contributed by atoms with van der Waals surface area (Å²) in [6.45, 7) is 1.73. The monoisotopic (exact) mass is 482 g/mol. The molecule has 2 aromatic carbocycles. The van der Waals surface area contributed by atoms with E-state index >= 15 is 0 Å².